The van der Waals surface area contributed by atoms with Crippen molar-refractivity contribution in [1.29, 1.82) is 0 Å². The summed E-state index contributed by atoms with van der Waals surface area (Å²) >= 11 is 6.09. The number of nitrogens with one attached hydrogen (secondary N) is 1. The Morgan fingerprint density at radius 1 is 1.04 bits per heavy atom. The van der Waals surface area contributed by atoms with Crippen molar-refractivity contribution in [1.82, 2.24) is 4.98 Å². The number of para-hydroxylation sites is 2. The number of benzene rings is 2. The third-order valence-corrected chi connectivity index (χ3v) is 5.05. The van der Waals surface area contributed by atoms with E-state index in [1.807, 2.05) is 24.3 Å². The monoisotopic (exact) mass is 391 g/mol. The zero-order valence-corrected chi connectivity index (χ0v) is 15.8. The van der Waals surface area contributed by atoms with Crippen molar-refractivity contribution in [2.45, 2.75) is 12.8 Å². The van der Waals surface area contributed by atoms with E-state index in [-0.39, 0.29) is 11.6 Å². The Balaban J connectivity index is 1.58. The molecule has 28 heavy (non-hydrogen) atoms. The lowest BCUT2D eigenvalue weighted by Gasteiger charge is -2.29. The Bertz CT molecular complexity index is 1050. The van der Waals surface area contributed by atoms with Gasteiger partial charge in [-0.05, 0) is 48.7 Å². The van der Waals surface area contributed by atoms with Gasteiger partial charge < -0.3 is 10.2 Å². The molecule has 0 saturated carbocycles. The summed E-state index contributed by atoms with van der Waals surface area (Å²) in [6, 6.07) is 18.0. The van der Waals surface area contributed by atoms with Crippen molar-refractivity contribution >= 4 is 34.8 Å². The van der Waals surface area contributed by atoms with E-state index in [0.29, 0.717) is 22.8 Å². The molecular weight excluding hydrogens is 374 g/mol. The second kappa shape index (κ2) is 7.82. The number of pyridine rings is 1. The maximum absolute atomic E-state index is 13.1. The number of amides is 2. The number of hydrogen-bond donors (Lipinski definition) is 1. The number of aromatic nitrogens is 1. The quantitative estimate of drug-likeness (QED) is 0.710. The first-order valence-electron chi connectivity index (χ1n) is 9.05. The van der Waals surface area contributed by atoms with Crippen LogP contribution in [-0.4, -0.2) is 23.3 Å². The largest absolute Gasteiger partial charge is 0.319 e. The Kier molecular flexibility index (Phi) is 5.08. The van der Waals surface area contributed by atoms with Crippen LogP contribution in [0.1, 0.15) is 32.8 Å². The van der Waals surface area contributed by atoms with Crippen molar-refractivity contribution in [2.75, 3.05) is 16.8 Å². The lowest BCUT2D eigenvalue weighted by atomic mass is 10.0. The molecule has 4 rings (SSSR count). The van der Waals surface area contributed by atoms with Gasteiger partial charge >= 0.3 is 0 Å². The molecule has 0 spiro atoms. The van der Waals surface area contributed by atoms with Gasteiger partial charge in [-0.25, -0.2) is 0 Å². The first-order chi connectivity index (χ1) is 13.6. The molecule has 1 N–H and O–H groups in total. The molecule has 2 heterocycles. The summed E-state index contributed by atoms with van der Waals surface area (Å²) in [4.78, 5) is 31.5. The molecule has 3 aromatic rings. The molecule has 0 radical (unpaired) electrons. The Morgan fingerprint density at radius 3 is 2.68 bits per heavy atom. The summed E-state index contributed by atoms with van der Waals surface area (Å²) in [7, 11) is 0. The molecule has 1 aliphatic heterocycles. The number of fused-ring (bicyclic) bond motifs is 1. The minimum absolute atomic E-state index is 0.138. The van der Waals surface area contributed by atoms with E-state index < -0.39 is 5.91 Å². The highest BCUT2D eigenvalue weighted by Gasteiger charge is 2.24. The molecule has 0 saturated heterocycles. The van der Waals surface area contributed by atoms with E-state index >= 15 is 0 Å². The summed E-state index contributed by atoms with van der Waals surface area (Å²) in [5.41, 5.74) is 3.18. The van der Waals surface area contributed by atoms with Gasteiger partial charge in [0.25, 0.3) is 11.8 Å². The molecule has 140 valence electrons. The first kappa shape index (κ1) is 18.2. The number of carbonyl (C=O) groups is 2. The predicted octanol–water partition coefficient (Wildman–Crippen LogP) is 4.58. The highest BCUT2D eigenvalue weighted by atomic mass is 35.5. The molecule has 1 aliphatic rings. The van der Waals surface area contributed by atoms with Gasteiger partial charge in [0.1, 0.15) is 5.69 Å². The van der Waals surface area contributed by atoms with Gasteiger partial charge in [0, 0.05) is 24.0 Å². The van der Waals surface area contributed by atoms with E-state index in [1.165, 1.54) is 12.3 Å². The van der Waals surface area contributed by atoms with Crippen LogP contribution in [0, 0.1) is 0 Å². The summed E-state index contributed by atoms with van der Waals surface area (Å²) in [6.45, 7) is 0.652. The van der Waals surface area contributed by atoms with Crippen LogP contribution in [-0.2, 0) is 6.42 Å². The van der Waals surface area contributed by atoms with E-state index in [4.69, 9.17) is 11.6 Å². The van der Waals surface area contributed by atoms with Crippen LogP contribution in [0.3, 0.4) is 0 Å². The van der Waals surface area contributed by atoms with E-state index in [1.54, 1.807) is 35.2 Å². The fourth-order valence-electron chi connectivity index (χ4n) is 3.34. The van der Waals surface area contributed by atoms with Crippen LogP contribution in [0.5, 0.6) is 0 Å². The van der Waals surface area contributed by atoms with Crippen LogP contribution in [0.2, 0.25) is 5.02 Å². The Labute approximate surface area is 168 Å². The predicted molar refractivity (Wildman–Crippen MR) is 110 cm³/mol. The third kappa shape index (κ3) is 3.62. The Hall–Kier alpha value is -3.18. The molecule has 5 nitrogen and oxygen atoms in total. The average Bonchev–Trinajstić information content (AvgIpc) is 2.74. The van der Waals surface area contributed by atoms with Crippen molar-refractivity contribution in [2.24, 2.45) is 0 Å². The summed E-state index contributed by atoms with van der Waals surface area (Å²) in [5.74, 6) is -0.553. The summed E-state index contributed by atoms with van der Waals surface area (Å²) in [5, 5.41) is 3.17. The maximum Gasteiger partial charge on any atom is 0.274 e. The highest BCUT2D eigenvalue weighted by Crippen LogP contribution is 2.28. The second-order valence-electron chi connectivity index (χ2n) is 6.55. The van der Waals surface area contributed by atoms with Crippen LogP contribution >= 0.6 is 11.6 Å². The molecule has 0 fully saturated rings. The summed E-state index contributed by atoms with van der Waals surface area (Å²) < 4.78 is 0. The fourth-order valence-corrected chi connectivity index (χ4v) is 3.52. The molecule has 1 aromatic heterocycles. The molecule has 0 bridgehead atoms. The minimum atomic E-state index is -0.415. The smallest absolute Gasteiger partial charge is 0.274 e. The van der Waals surface area contributed by atoms with E-state index in [0.717, 1.165) is 24.1 Å². The minimum Gasteiger partial charge on any atom is -0.319 e. The molecule has 0 aliphatic carbocycles. The van der Waals surface area contributed by atoms with Gasteiger partial charge in [0.15, 0.2) is 0 Å². The van der Waals surface area contributed by atoms with E-state index in [9.17, 15) is 9.59 Å². The molecule has 0 unspecified atom stereocenters. The molecule has 0 atom stereocenters. The zero-order chi connectivity index (χ0) is 19.5. The van der Waals surface area contributed by atoms with E-state index in [2.05, 4.69) is 10.3 Å². The van der Waals surface area contributed by atoms with Gasteiger partial charge in [0.05, 0.1) is 10.7 Å². The lowest BCUT2D eigenvalue weighted by molar-refractivity contribution is 0.0985. The van der Waals surface area contributed by atoms with Gasteiger partial charge in [-0.1, -0.05) is 41.9 Å². The third-order valence-electron chi connectivity index (χ3n) is 4.72. The first-order valence-corrected chi connectivity index (χ1v) is 9.43. The number of aryl methyl sites for hydroxylation is 1. The van der Waals surface area contributed by atoms with Crippen LogP contribution in [0.25, 0.3) is 0 Å². The number of anilines is 2. The normalized spacial score (nSPS) is 13.0. The fraction of sp³-hybridized carbons (Fsp3) is 0.136. The van der Waals surface area contributed by atoms with Crippen LogP contribution < -0.4 is 10.2 Å². The van der Waals surface area contributed by atoms with Crippen molar-refractivity contribution in [3.8, 4) is 0 Å². The van der Waals surface area contributed by atoms with Crippen LogP contribution in [0.15, 0.2) is 66.9 Å². The number of nitrogens with zero attached hydrogens (tertiary/aromatic N) is 2. The SMILES string of the molecule is O=C(Nc1ccccc1Cl)c1cc(C(=O)N2CCCc3ccccc32)ccn1. The Morgan fingerprint density at radius 2 is 1.82 bits per heavy atom. The van der Waals surface area contributed by atoms with Crippen LogP contribution in [0.4, 0.5) is 11.4 Å². The number of halogens is 1. The van der Waals surface area contributed by atoms with Gasteiger partial charge in [-0.15, -0.1) is 0 Å². The van der Waals surface area contributed by atoms with Gasteiger partial charge in [-0.3, -0.25) is 14.6 Å². The second-order valence-corrected chi connectivity index (χ2v) is 6.96. The number of rotatable bonds is 3. The molecule has 6 heteroatoms. The number of hydrogen-bond acceptors (Lipinski definition) is 3. The van der Waals surface area contributed by atoms with Crippen molar-refractivity contribution < 1.29 is 9.59 Å². The lowest BCUT2D eigenvalue weighted by Crippen LogP contribution is -2.35. The molecule has 2 aromatic carbocycles. The van der Waals surface area contributed by atoms with Gasteiger partial charge in [-0.2, -0.15) is 0 Å². The number of carbonyl (C=O) groups excluding carboxylic acids is 2. The molecule has 2 amide bonds. The molecular formula is C22H18ClN3O2. The highest BCUT2D eigenvalue weighted by molar-refractivity contribution is 6.33. The standard InChI is InChI=1S/C22H18ClN3O2/c23-17-8-2-3-9-18(17)25-21(27)19-14-16(11-12-24-19)22(28)26-13-5-7-15-6-1-4-10-20(15)26/h1-4,6,8-12,14H,5,7,13H2,(H,25,27). The van der Waals surface area contributed by atoms with Crippen molar-refractivity contribution in [3.05, 3.63) is 88.7 Å². The van der Waals surface area contributed by atoms with Crippen molar-refractivity contribution in [3.63, 3.8) is 0 Å². The maximum atomic E-state index is 13.1. The van der Waals surface area contributed by atoms with Gasteiger partial charge in [0.2, 0.25) is 0 Å². The zero-order valence-electron chi connectivity index (χ0n) is 15.1. The average molecular weight is 392 g/mol. The topological polar surface area (TPSA) is 62.3 Å². The summed E-state index contributed by atoms with van der Waals surface area (Å²) in [6.07, 6.45) is 3.35.